The molecule has 6 rings (SSSR count). The van der Waals surface area contributed by atoms with E-state index in [0.29, 0.717) is 35.7 Å². The summed E-state index contributed by atoms with van der Waals surface area (Å²) in [5.74, 6) is 3.28. The first-order chi connectivity index (χ1) is 17.8. The number of nitrogens with zero attached hydrogens (tertiary/aromatic N) is 1. The van der Waals surface area contributed by atoms with E-state index in [4.69, 9.17) is 14.3 Å². The Kier molecular flexibility index (Phi) is 5.98. The highest BCUT2D eigenvalue weighted by molar-refractivity contribution is 6.06. The molecule has 6 nitrogen and oxygen atoms in total. The van der Waals surface area contributed by atoms with Gasteiger partial charge in [0.25, 0.3) is 0 Å². The van der Waals surface area contributed by atoms with E-state index >= 15 is 0 Å². The summed E-state index contributed by atoms with van der Waals surface area (Å²) >= 11 is 0. The maximum absolute atomic E-state index is 12.9. The number of carbonyl (C=O) groups is 1. The van der Waals surface area contributed by atoms with Crippen molar-refractivity contribution in [2.45, 2.75) is 83.3 Å². The molecule has 1 aromatic rings. The van der Waals surface area contributed by atoms with E-state index in [1.165, 1.54) is 12.0 Å². The third kappa shape index (κ3) is 3.54. The Bertz CT molecular complexity index is 1140. The molecule has 3 fully saturated rings. The van der Waals surface area contributed by atoms with E-state index in [1.54, 1.807) is 14.2 Å². The number of aliphatic hydroxyl groups excluding tert-OH is 1. The Morgan fingerprint density at radius 3 is 2.68 bits per heavy atom. The minimum absolute atomic E-state index is 0.0431. The zero-order chi connectivity index (χ0) is 26.0. The Labute approximate surface area is 220 Å². The zero-order valence-corrected chi connectivity index (χ0v) is 22.7. The number of carbonyl (C=O) groups excluding carboxylic acids is 1. The van der Waals surface area contributed by atoms with Gasteiger partial charge in [0.15, 0.2) is 17.8 Å². The first-order valence-corrected chi connectivity index (χ1v) is 14.1. The van der Waals surface area contributed by atoms with Crippen LogP contribution in [0.15, 0.2) is 35.0 Å². The smallest absolute Gasteiger partial charge is 0.201 e. The van der Waals surface area contributed by atoms with Crippen LogP contribution in [0.4, 0.5) is 0 Å². The largest absolute Gasteiger partial charge is 0.493 e. The fraction of sp³-hybridized carbons (Fsp3) is 0.677. The summed E-state index contributed by atoms with van der Waals surface area (Å²) in [6, 6.07) is 5.75. The van der Waals surface area contributed by atoms with Gasteiger partial charge in [-0.05, 0) is 92.1 Å². The Morgan fingerprint density at radius 1 is 1.08 bits per heavy atom. The van der Waals surface area contributed by atoms with Gasteiger partial charge in [-0.3, -0.25) is 4.79 Å². The van der Waals surface area contributed by atoms with Crippen LogP contribution in [0, 0.1) is 34.5 Å². The van der Waals surface area contributed by atoms with Gasteiger partial charge in [-0.15, -0.1) is 0 Å². The molecule has 0 radical (unpaired) electrons. The fourth-order valence-corrected chi connectivity index (χ4v) is 9.50. The van der Waals surface area contributed by atoms with Crippen LogP contribution in [-0.2, 0) is 9.63 Å². The van der Waals surface area contributed by atoms with Crippen LogP contribution in [0.3, 0.4) is 0 Å². The number of para-hydroxylation sites is 1. The summed E-state index contributed by atoms with van der Waals surface area (Å²) in [6.07, 6.45) is 12.2. The van der Waals surface area contributed by atoms with Crippen LogP contribution < -0.4 is 9.47 Å². The number of rotatable bonds is 5. The second kappa shape index (κ2) is 8.86. The summed E-state index contributed by atoms with van der Waals surface area (Å²) < 4.78 is 11.2. The van der Waals surface area contributed by atoms with Gasteiger partial charge in [0.05, 0.1) is 26.0 Å². The average molecular weight is 508 g/mol. The molecule has 0 aromatic heterocycles. The van der Waals surface area contributed by atoms with Gasteiger partial charge in [-0.2, -0.15) is 0 Å². The number of benzene rings is 1. The number of fused-ring (bicyclic) bond motifs is 5. The molecule has 200 valence electrons. The lowest BCUT2D eigenvalue weighted by atomic mass is 9.46. The maximum Gasteiger partial charge on any atom is 0.201 e. The number of hydrogen-bond donors (Lipinski definition) is 1. The number of aldehydes is 1. The molecule has 0 amide bonds. The normalized spacial score (nSPS) is 42.5. The molecule has 1 heterocycles. The van der Waals surface area contributed by atoms with Crippen molar-refractivity contribution in [3.63, 3.8) is 0 Å². The van der Waals surface area contributed by atoms with Gasteiger partial charge in [0.1, 0.15) is 0 Å². The molecule has 0 saturated heterocycles. The number of methoxy groups -OCH3 is 2. The summed E-state index contributed by atoms with van der Waals surface area (Å²) in [7, 11) is 3.25. The summed E-state index contributed by atoms with van der Waals surface area (Å²) in [5, 5.41) is 14.8. The van der Waals surface area contributed by atoms with Crippen LogP contribution in [0.25, 0.3) is 0 Å². The van der Waals surface area contributed by atoms with Crippen LogP contribution >= 0.6 is 0 Å². The van der Waals surface area contributed by atoms with Gasteiger partial charge >= 0.3 is 0 Å². The highest BCUT2D eigenvalue weighted by Crippen LogP contribution is 2.68. The molecule has 5 aliphatic rings. The van der Waals surface area contributed by atoms with Gasteiger partial charge in [0.2, 0.25) is 5.60 Å². The molecule has 8 atom stereocenters. The van der Waals surface area contributed by atoms with E-state index < -0.39 is 5.60 Å². The monoisotopic (exact) mass is 507 g/mol. The van der Waals surface area contributed by atoms with Crippen molar-refractivity contribution >= 4 is 12.0 Å². The molecule has 2 unspecified atom stereocenters. The predicted octanol–water partition coefficient (Wildman–Crippen LogP) is 5.71. The van der Waals surface area contributed by atoms with Gasteiger partial charge in [-0.1, -0.05) is 36.7 Å². The minimum Gasteiger partial charge on any atom is -0.493 e. The third-order valence-electron chi connectivity index (χ3n) is 11.4. The Hall–Kier alpha value is -2.34. The van der Waals surface area contributed by atoms with Crippen molar-refractivity contribution in [2.75, 3.05) is 14.2 Å². The van der Waals surface area contributed by atoms with E-state index in [9.17, 15) is 9.90 Å². The van der Waals surface area contributed by atoms with Crippen LogP contribution in [0.1, 0.15) is 77.2 Å². The second-order valence-corrected chi connectivity index (χ2v) is 12.8. The number of aliphatic hydroxyl groups is 1. The van der Waals surface area contributed by atoms with E-state index in [-0.39, 0.29) is 22.9 Å². The SMILES string of the molecule is COc1cccc(C2=NOC(C=O)(C3CC[C@H]4[C@@H]5CC=C6C[C@H](O)CC[C@]6(C)[C@H]5CC[C@]34C)C2)c1OC. The lowest BCUT2D eigenvalue weighted by Gasteiger charge is -2.58. The van der Waals surface area contributed by atoms with Crippen molar-refractivity contribution in [2.24, 2.45) is 39.7 Å². The molecule has 1 N–H and O–H groups in total. The molecule has 0 spiro atoms. The summed E-state index contributed by atoms with van der Waals surface area (Å²) in [6.45, 7) is 4.89. The minimum atomic E-state index is -0.936. The molecule has 0 bridgehead atoms. The van der Waals surface area contributed by atoms with E-state index in [0.717, 1.165) is 62.5 Å². The molecule has 37 heavy (non-hydrogen) atoms. The fourth-order valence-electron chi connectivity index (χ4n) is 9.50. The summed E-state index contributed by atoms with van der Waals surface area (Å²) in [4.78, 5) is 19.0. The molecule has 3 saturated carbocycles. The van der Waals surface area contributed by atoms with Crippen molar-refractivity contribution in [1.82, 2.24) is 0 Å². The van der Waals surface area contributed by atoms with Gasteiger partial charge in [-0.25, -0.2) is 0 Å². The van der Waals surface area contributed by atoms with Crippen molar-refractivity contribution < 1.29 is 24.2 Å². The maximum atomic E-state index is 12.9. The van der Waals surface area contributed by atoms with E-state index in [1.807, 2.05) is 18.2 Å². The molecule has 6 heteroatoms. The topological polar surface area (TPSA) is 77.4 Å². The van der Waals surface area contributed by atoms with Crippen LogP contribution in [0.2, 0.25) is 0 Å². The standard InChI is InChI=1S/C31H41NO5/c1-29-14-12-20(34)16-19(29)8-9-21-23-10-11-27(30(23,2)15-13-24(21)29)31(18-33)17-25(32-37-31)22-6-5-7-26(35-3)28(22)36-4/h5-8,18,20-21,23-24,27,34H,9-17H2,1-4H3/t20-,21+,23+,24+,27?,29+,30+,31?/m1/s1. The lowest BCUT2D eigenvalue weighted by molar-refractivity contribution is -0.150. The van der Waals surface area contributed by atoms with Crippen molar-refractivity contribution in [3.05, 3.63) is 35.4 Å². The predicted molar refractivity (Wildman–Crippen MR) is 142 cm³/mol. The van der Waals surface area contributed by atoms with Crippen molar-refractivity contribution in [3.8, 4) is 11.5 Å². The highest BCUT2D eigenvalue weighted by atomic mass is 16.7. The summed E-state index contributed by atoms with van der Waals surface area (Å²) in [5.41, 5.74) is 2.40. The zero-order valence-electron chi connectivity index (χ0n) is 22.7. The average Bonchev–Trinajstić information content (AvgIpc) is 3.50. The quantitative estimate of drug-likeness (QED) is 0.408. The van der Waals surface area contributed by atoms with Crippen molar-refractivity contribution in [1.29, 1.82) is 0 Å². The first-order valence-electron chi connectivity index (χ1n) is 14.1. The van der Waals surface area contributed by atoms with E-state index in [2.05, 4.69) is 25.1 Å². The molecule has 1 aliphatic heterocycles. The number of ether oxygens (including phenoxy) is 2. The Balaban J connectivity index is 1.28. The van der Waals surface area contributed by atoms with Crippen LogP contribution in [0.5, 0.6) is 11.5 Å². The second-order valence-electron chi connectivity index (χ2n) is 12.8. The molecule has 1 aromatic carbocycles. The third-order valence-corrected chi connectivity index (χ3v) is 11.4. The molecule has 4 aliphatic carbocycles. The number of allylic oxidation sites excluding steroid dienone is 1. The first kappa shape index (κ1) is 25.0. The highest BCUT2D eigenvalue weighted by Gasteiger charge is 2.64. The lowest BCUT2D eigenvalue weighted by Crippen LogP contribution is -2.54. The van der Waals surface area contributed by atoms with Gasteiger partial charge in [0, 0.05) is 17.9 Å². The Morgan fingerprint density at radius 2 is 1.92 bits per heavy atom. The molecular weight excluding hydrogens is 466 g/mol. The van der Waals surface area contributed by atoms with Gasteiger partial charge < -0.3 is 19.4 Å². The number of oxime groups is 1. The van der Waals surface area contributed by atoms with Crippen LogP contribution in [-0.4, -0.2) is 43.0 Å². The molecular formula is C31H41NO5. The number of hydrogen-bond acceptors (Lipinski definition) is 6.